The number of aromatic nitrogens is 2. The molecule has 1 unspecified atom stereocenters. The van der Waals surface area contributed by atoms with Crippen molar-refractivity contribution in [1.82, 2.24) is 9.55 Å². The molecule has 0 aliphatic carbocycles. The van der Waals surface area contributed by atoms with Crippen LogP contribution in [0.15, 0.2) is 84.9 Å². The molecule has 1 aromatic heterocycles. The molecule has 1 saturated heterocycles. The zero-order valence-corrected chi connectivity index (χ0v) is 21.8. The van der Waals surface area contributed by atoms with Gasteiger partial charge >= 0.3 is 0 Å². The fourth-order valence-electron chi connectivity index (χ4n) is 5.19. The predicted octanol–water partition coefficient (Wildman–Crippen LogP) is 7.20. The number of nitriles is 1. The quantitative estimate of drug-likeness (QED) is 0.211. The van der Waals surface area contributed by atoms with Gasteiger partial charge in [-0.05, 0) is 66.4 Å². The first kappa shape index (κ1) is 25.7. The highest BCUT2D eigenvalue weighted by Gasteiger charge is 2.20. The lowest BCUT2D eigenvalue weighted by Crippen LogP contribution is -2.17. The van der Waals surface area contributed by atoms with Gasteiger partial charge < -0.3 is 14.0 Å². The number of para-hydroxylation sites is 2. The highest BCUT2D eigenvalue weighted by atomic mass is 19.1. The largest absolute Gasteiger partial charge is 0.489 e. The Balaban J connectivity index is 1.20. The molecule has 0 saturated carbocycles. The zero-order valence-electron chi connectivity index (χ0n) is 21.8. The van der Waals surface area contributed by atoms with Crippen LogP contribution in [0.4, 0.5) is 8.78 Å². The molecule has 0 N–H and O–H groups in total. The predicted molar refractivity (Wildman–Crippen MR) is 149 cm³/mol. The second-order valence-electron chi connectivity index (χ2n) is 9.99. The number of halogens is 2. The van der Waals surface area contributed by atoms with Crippen LogP contribution in [-0.2, 0) is 24.3 Å². The normalized spacial score (nSPS) is 14.9. The summed E-state index contributed by atoms with van der Waals surface area (Å²) in [6.45, 7) is 1.52. The minimum Gasteiger partial charge on any atom is -0.489 e. The summed E-state index contributed by atoms with van der Waals surface area (Å²) >= 11 is 0. The van der Waals surface area contributed by atoms with Crippen molar-refractivity contribution in [2.45, 2.75) is 38.5 Å². The van der Waals surface area contributed by atoms with Gasteiger partial charge in [0.15, 0.2) is 0 Å². The molecule has 0 amide bonds. The van der Waals surface area contributed by atoms with Gasteiger partial charge in [0, 0.05) is 24.2 Å². The summed E-state index contributed by atoms with van der Waals surface area (Å²) in [4.78, 5) is 4.86. The zero-order chi connectivity index (χ0) is 27.5. The first-order valence-electron chi connectivity index (χ1n) is 13.3. The molecule has 6 rings (SSSR count). The van der Waals surface area contributed by atoms with Crippen molar-refractivity contribution in [3.63, 3.8) is 0 Å². The van der Waals surface area contributed by atoms with E-state index in [2.05, 4.69) is 10.6 Å². The number of rotatable bonds is 8. The molecule has 5 aromatic rings. The van der Waals surface area contributed by atoms with Crippen LogP contribution in [0.5, 0.6) is 5.75 Å². The van der Waals surface area contributed by atoms with Crippen molar-refractivity contribution >= 4 is 11.0 Å². The van der Waals surface area contributed by atoms with Crippen molar-refractivity contribution < 1.29 is 18.3 Å². The maximum Gasteiger partial charge on any atom is 0.131 e. The molecule has 1 fully saturated rings. The van der Waals surface area contributed by atoms with Gasteiger partial charge in [0.25, 0.3) is 0 Å². The lowest BCUT2D eigenvalue weighted by Gasteiger charge is -2.15. The van der Waals surface area contributed by atoms with E-state index in [1.807, 2.05) is 36.4 Å². The van der Waals surface area contributed by atoms with E-state index in [0.717, 1.165) is 48.4 Å². The van der Waals surface area contributed by atoms with Crippen molar-refractivity contribution in [1.29, 1.82) is 5.26 Å². The molecular formula is C33H27F2N3O2. The maximum absolute atomic E-state index is 15.4. The number of nitrogens with zero attached hydrogens (tertiary/aromatic N) is 3. The average Bonchev–Trinajstić information content (AvgIpc) is 3.61. The summed E-state index contributed by atoms with van der Waals surface area (Å²) in [5.41, 5.74) is 4.51. The molecule has 1 aliphatic heterocycles. The van der Waals surface area contributed by atoms with Gasteiger partial charge in [0.05, 0.1) is 35.3 Å². The number of fused-ring (bicyclic) bond motifs is 1. The third-order valence-electron chi connectivity index (χ3n) is 7.26. The Morgan fingerprint density at radius 1 is 0.975 bits per heavy atom. The highest BCUT2D eigenvalue weighted by molar-refractivity contribution is 5.76. The summed E-state index contributed by atoms with van der Waals surface area (Å²) in [5.74, 6) is 0.539. The first-order valence-corrected chi connectivity index (χ1v) is 13.3. The summed E-state index contributed by atoms with van der Waals surface area (Å²) in [7, 11) is 0. The third kappa shape index (κ3) is 5.45. The molecule has 200 valence electrons. The number of imidazole rings is 1. The number of benzene rings is 4. The number of hydrogen-bond acceptors (Lipinski definition) is 4. The molecule has 7 heteroatoms. The minimum absolute atomic E-state index is 0.00465. The van der Waals surface area contributed by atoms with Crippen LogP contribution in [0.1, 0.15) is 35.4 Å². The molecule has 0 bridgehead atoms. The maximum atomic E-state index is 15.4. The van der Waals surface area contributed by atoms with Crippen LogP contribution in [0.25, 0.3) is 22.2 Å². The van der Waals surface area contributed by atoms with E-state index < -0.39 is 5.82 Å². The van der Waals surface area contributed by atoms with Gasteiger partial charge in [-0.2, -0.15) is 5.26 Å². The minimum atomic E-state index is -0.499. The molecule has 4 aromatic carbocycles. The number of ether oxygens (including phenoxy) is 2. The van der Waals surface area contributed by atoms with E-state index in [1.165, 1.54) is 12.1 Å². The van der Waals surface area contributed by atoms with Gasteiger partial charge in [0.2, 0.25) is 0 Å². The lowest BCUT2D eigenvalue weighted by atomic mass is 10.0. The van der Waals surface area contributed by atoms with Crippen LogP contribution < -0.4 is 4.74 Å². The Hall–Kier alpha value is -4.54. The molecule has 0 spiro atoms. The summed E-state index contributed by atoms with van der Waals surface area (Å²) in [6, 6.07) is 26.6. The molecule has 1 aliphatic rings. The van der Waals surface area contributed by atoms with E-state index >= 15 is 4.39 Å². The van der Waals surface area contributed by atoms with Crippen LogP contribution in [0.3, 0.4) is 0 Å². The second kappa shape index (κ2) is 11.3. The smallest absolute Gasteiger partial charge is 0.131 e. The molecule has 5 nitrogen and oxygen atoms in total. The Labute approximate surface area is 231 Å². The van der Waals surface area contributed by atoms with E-state index in [0.29, 0.717) is 28.9 Å². The Kier molecular flexibility index (Phi) is 7.26. The van der Waals surface area contributed by atoms with Crippen LogP contribution in [0.2, 0.25) is 0 Å². The fourth-order valence-corrected chi connectivity index (χ4v) is 5.19. The summed E-state index contributed by atoms with van der Waals surface area (Å²) in [6.07, 6.45) is 2.76. The Bertz CT molecular complexity index is 1720. The molecular weight excluding hydrogens is 508 g/mol. The van der Waals surface area contributed by atoms with Gasteiger partial charge in [-0.3, -0.25) is 0 Å². The van der Waals surface area contributed by atoms with Gasteiger partial charge in [0.1, 0.15) is 29.8 Å². The molecule has 40 heavy (non-hydrogen) atoms. The van der Waals surface area contributed by atoms with Gasteiger partial charge in [-0.15, -0.1) is 0 Å². The number of hydrogen-bond donors (Lipinski definition) is 0. The van der Waals surface area contributed by atoms with Crippen molar-refractivity contribution in [3.8, 4) is 22.9 Å². The second-order valence-corrected chi connectivity index (χ2v) is 9.99. The Morgan fingerprint density at radius 2 is 1.88 bits per heavy atom. The van der Waals surface area contributed by atoms with Gasteiger partial charge in [-0.1, -0.05) is 42.5 Å². The summed E-state index contributed by atoms with van der Waals surface area (Å²) in [5, 5.41) is 8.92. The monoisotopic (exact) mass is 535 g/mol. The lowest BCUT2D eigenvalue weighted by molar-refractivity contribution is 0.0973. The van der Waals surface area contributed by atoms with E-state index in [4.69, 9.17) is 19.7 Å². The van der Waals surface area contributed by atoms with Crippen LogP contribution in [0, 0.1) is 23.0 Å². The summed E-state index contributed by atoms with van der Waals surface area (Å²) < 4.78 is 43.5. The first-order chi connectivity index (χ1) is 19.6. The molecule has 1 atom stereocenters. The Morgan fingerprint density at radius 3 is 2.67 bits per heavy atom. The third-order valence-corrected chi connectivity index (χ3v) is 7.26. The molecule has 0 radical (unpaired) electrons. The van der Waals surface area contributed by atoms with Gasteiger partial charge in [-0.25, -0.2) is 13.8 Å². The van der Waals surface area contributed by atoms with Crippen molar-refractivity contribution in [2.75, 3.05) is 6.61 Å². The standard InChI is InChI=1S/C33H27F2N3O2/c34-29-16-23(19-36)10-12-25(29)21-40-26-6-3-5-24(18-26)28-13-11-22(15-30(28)35)17-33-37-31-8-1-2-9-32(31)38(33)20-27-7-4-14-39-27/h1-3,5-6,8-13,15-16,18,27H,4,7,14,17,20-21H2. The van der Waals surface area contributed by atoms with Crippen LogP contribution >= 0.6 is 0 Å². The van der Waals surface area contributed by atoms with E-state index in [1.54, 1.807) is 36.4 Å². The van der Waals surface area contributed by atoms with Crippen molar-refractivity contribution in [3.05, 3.63) is 119 Å². The van der Waals surface area contributed by atoms with Crippen LogP contribution in [-0.4, -0.2) is 22.3 Å². The van der Waals surface area contributed by atoms with E-state index in [-0.39, 0.29) is 24.1 Å². The topological polar surface area (TPSA) is 60.1 Å². The highest BCUT2D eigenvalue weighted by Crippen LogP contribution is 2.29. The average molecular weight is 536 g/mol. The van der Waals surface area contributed by atoms with E-state index in [9.17, 15) is 4.39 Å². The SMILES string of the molecule is N#Cc1ccc(COc2cccc(-c3ccc(Cc4nc5ccccc5n4CC4CCCO4)cc3F)c2)c(F)c1. The fraction of sp³-hybridized carbons (Fsp3) is 0.212. The van der Waals surface area contributed by atoms with Crippen molar-refractivity contribution in [2.24, 2.45) is 0 Å². The molecule has 2 heterocycles.